The van der Waals surface area contributed by atoms with Gasteiger partial charge in [0.05, 0.1) is 12.8 Å². The zero-order chi connectivity index (χ0) is 14.3. The summed E-state index contributed by atoms with van der Waals surface area (Å²) in [5.41, 5.74) is 2.49. The van der Waals surface area contributed by atoms with Gasteiger partial charge in [-0.25, -0.2) is 9.97 Å². The third-order valence-electron chi connectivity index (χ3n) is 3.46. The van der Waals surface area contributed by atoms with E-state index in [1.807, 2.05) is 19.1 Å². The molecule has 0 saturated heterocycles. The molecule has 20 heavy (non-hydrogen) atoms. The summed E-state index contributed by atoms with van der Waals surface area (Å²) >= 11 is 12.3. The van der Waals surface area contributed by atoms with E-state index in [1.165, 1.54) is 0 Å². The molecule has 0 radical (unpaired) electrons. The third-order valence-corrected chi connectivity index (χ3v) is 4.07. The Morgan fingerprint density at radius 3 is 2.60 bits per heavy atom. The molecule has 3 nitrogen and oxygen atoms in total. The molecule has 1 aromatic heterocycles. The Hall–Kier alpha value is -1.32. The van der Waals surface area contributed by atoms with E-state index in [4.69, 9.17) is 27.9 Å². The van der Waals surface area contributed by atoms with Gasteiger partial charge in [-0.3, -0.25) is 0 Å². The molecule has 0 bridgehead atoms. The van der Waals surface area contributed by atoms with Gasteiger partial charge in [-0.05, 0) is 38.0 Å². The molecule has 1 saturated carbocycles. The van der Waals surface area contributed by atoms with Crippen LogP contribution in [0.1, 0.15) is 30.1 Å². The van der Waals surface area contributed by atoms with Crippen LogP contribution in [0, 0.1) is 6.92 Å². The maximum atomic E-state index is 6.25. The molecule has 2 aromatic rings. The summed E-state index contributed by atoms with van der Waals surface area (Å²) in [5.74, 6) is 1.99. The summed E-state index contributed by atoms with van der Waals surface area (Å²) in [6.07, 6.45) is 2.26. The second-order valence-electron chi connectivity index (χ2n) is 4.97. The summed E-state index contributed by atoms with van der Waals surface area (Å²) in [6.45, 7) is 1.91. The summed E-state index contributed by atoms with van der Waals surface area (Å²) in [6, 6.07) is 5.48. The number of hydrogen-bond donors (Lipinski definition) is 0. The Balaban J connectivity index is 2.20. The SMILES string of the molecule is COc1ccc(Cl)cc1-c1nc(C2CC2)nc(Cl)c1C. The fourth-order valence-corrected chi connectivity index (χ4v) is 2.51. The largest absolute Gasteiger partial charge is 0.496 e. The number of hydrogen-bond acceptors (Lipinski definition) is 3. The van der Waals surface area contributed by atoms with Crippen LogP contribution in [0.3, 0.4) is 0 Å². The molecule has 1 heterocycles. The van der Waals surface area contributed by atoms with Crippen LogP contribution in [0.4, 0.5) is 0 Å². The summed E-state index contributed by atoms with van der Waals surface area (Å²) in [4.78, 5) is 9.06. The molecule has 0 N–H and O–H groups in total. The first kappa shape index (κ1) is 13.7. The fourth-order valence-electron chi connectivity index (χ4n) is 2.16. The Labute approximate surface area is 127 Å². The molecule has 0 atom stereocenters. The Morgan fingerprint density at radius 2 is 1.95 bits per heavy atom. The van der Waals surface area contributed by atoms with Crippen LogP contribution in [0.25, 0.3) is 11.3 Å². The van der Waals surface area contributed by atoms with Crippen molar-refractivity contribution in [3.05, 3.63) is 39.8 Å². The van der Waals surface area contributed by atoms with Crippen molar-refractivity contribution in [3.8, 4) is 17.0 Å². The maximum Gasteiger partial charge on any atom is 0.136 e. The van der Waals surface area contributed by atoms with Gasteiger partial charge in [-0.1, -0.05) is 23.2 Å². The zero-order valence-electron chi connectivity index (χ0n) is 11.3. The normalized spacial score (nSPS) is 14.4. The summed E-state index contributed by atoms with van der Waals surface area (Å²) < 4.78 is 5.40. The van der Waals surface area contributed by atoms with E-state index in [0.717, 1.165) is 41.2 Å². The van der Waals surface area contributed by atoms with Gasteiger partial charge in [0.1, 0.15) is 16.7 Å². The van der Waals surface area contributed by atoms with Crippen LogP contribution in [0.15, 0.2) is 18.2 Å². The first-order valence-corrected chi connectivity index (χ1v) is 7.23. The van der Waals surface area contributed by atoms with Crippen LogP contribution in [-0.2, 0) is 0 Å². The molecule has 0 aliphatic heterocycles. The minimum Gasteiger partial charge on any atom is -0.496 e. The fraction of sp³-hybridized carbons (Fsp3) is 0.333. The number of benzene rings is 1. The van der Waals surface area contributed by atoms with Gasteiger partial charge < -0.3 is 4.74 Å². The lowest BCUT2D eigenvalue weighted by molar-refractivity contribution is 0.416. The molecule has 1 aliphatic carbocycles. The van der Waals surface area contributed by atoms with Crippen molar-refractivity contribution in [2.75, 3.05) is 7.11 Å². The highest BCUT2D eigenvalue weighted by Gasteiger charge is 2.28. The Morgan fingerprint density at radius 1 is 1.20 bits per heavy atom. The standard InChI is InChI=1S/C15H14Cl2N2O/c1-8-13(11-7-10(16)5-6-12(11)20-2)18-15(9-3-4-9)19-14(8)17/h5-7,9H,3-4H2,1-2H3. The van der Waals surface area contributed by atoms with Crippen molar-refractivity contribution in [1.29, 1.82) is 0 Å². The van der Waals surface area contributed by atoms with Gasteiger partial charge in [0.2, 0.25) is 0 Å². The van der Waals surface area contributed by atoms with Gasteiger partial charge >= 0.3 is 0 Å². The van der Waals surface area contributed by atoms with Crippen LogP contribution >= 0.6 is 23.2 Å². The Kier molecular flexibility index (Phi) is 3.57. The lowest BCUT2D eigenvalue weighted by Gasteiger charge is -2.13. The van der Waals surface area contributed by atoms with Crippen molar-refractivity contribution >= 4 is 23.2 Å². The second kappa shape index (κ2) is 5.23. The average molecular weight is 309 g/mol. The van der Waals surface area contributed by atoms with Gasteiger partial charge in [-0.2, -0.15) is 0 Å². The lowest BCUT2D eigenvalue weighted by atomic mass is 10.1. The van der Waals surface area contributed by atoms with E-state index in [-0.39, 0.29) is 0 Å². The zero-order valence-corrected chi connectivity index (χ0v) is 12.8. The third kappa shape index (κ3) is 2.48. The van der Waals surface area contributed by atoms with E-state index in [2.05, 4.69) is 9.97 Å². The number of aromatic nitrogens is 2. The summed E-state index contributed by atoms with van der Waals surface area (Å²) in [7, 11) is 1.63. The number of methoxy groups -OCH3 is 1. The molecule has 0 amide bonds. The maximum absolute atomic E-state index is 6.25. The van der Waals surface area contributed by atoms with Crippen LogP contribution in [0.2, 0.25) is 10.2 Å². The monoisotopic (exact) mass is 308 g/mol. The molecule has 0 unspecified atom stereocenters. The van der Waals surface area contributed by atoms with Crippen LogP contribution in [-0.4, -0.2) is 17.1 Å². The van der Waals surface area contributed by atoms with E-state index < -0.39 is 0 Å². The van der Waals surface area contributed by atoms with Crippen molar-refractivity contribution in [1.82, 2.24) is 9.97 Å². The molecule has 1 aliphatic rings. The van der Waals surface area contributed by atoms with E-state index in [1.54, 1.807) is 13.2 Å². The van der Waals surface area contributed by atoms with Crippen molar-refractivity contribution < 1.29 is 4.74 Å². The quantitative estimate of drug-likeness (QED) is 0.774. The second-order valence-corrected chi connectivity index (χ2v) is 5.76. The topological polar surface area (TPSA) is 35.0 Å². The van der Waals surface area contributed by atoms with Crippen molar-refractivity contribution in [2.24, 2.45) is 0 Å². The van der Waals surface area contributed by atoms with Crippen molar-refractivity contribution in [3.63, 3.8) is 0 Å². The van der Waals surface area contributed by atoms with E-state index in [9.17, 15) is 0 Å². The highest BCUT2D eigenvalue weighted by Crippen LogP contribution is 2.41. The first-order valence-electron chi connectivity index (χ1n) is 6.48. The van der Waals surface area contributed by atoms with E-state index >= 15 is 0 Å². The smallest absolute Gasteiger partial charge is 0.136 e. The molecule has 3 rings (SSSR count). The number of halogens is 2. The van der Waals surface area contributed by atoms with E-state index in [0.29, 0.717) is 16.1 Å². The molecular weight excluding hydrogens is 295 g/mol. The van der Waals surface area contributed by atoms with Gasteiger partial charge in [0, 0.05) is 22.1 Å². The van der Waals surface area contributed by atoms with Gasteiger partial charge in [-0.15, -0.1) is 0 Å². The predicted molar refractivity (Wildman–Crippen MR) is 80.8 cm³/mol. The molecule has 104 valence electrons. The minimum atomic E-state index is 0.442. The average Bonchev–Trinajstić information content (AvgIpc) is 3.26. The Bertz CT molecular complexity index is 669. The van der Waals surface area contributed by atoms with Gasteiger partial charge in [0.25, 0.3) is 0 Å². The number of ether oxygens (including phenoxy) is 1. The first-order chi connectivity index (χ1) is 9.60. The highest BCUT2D eigenvalue weighted by molar-refractivity contribution is 6.31. The van der Waals surface area contributed by atoms with Crippen molar-refractivity contribution in [2.45, 2.75) is 25.7 Å². The summed E-state index contributed by atoms with van der Waals surface area (Å²) in [5, 5.41) is 1.14. The number of nitrogens with zero attached hydrogens (tertiary/aromatic N) is 2. The molecular formula is C15H14Cl2N2O. The lowest BCUT2D eigenvalue weighted by Crippen LogP contribution is -2.00. The predicted octanol–water partition coefficient (Wildman–Crippen LogP) is 4.64. The molecule has 5 heteroatoms. The minimum absolute atomic E-state index is 0.442. The molecule has 0 spiro atoms. The molecule has 1 aromatic carbocycles. The highest BCUT2D eigenvalue weighted by atomic mass is 35.5. The number of rotatable bonds is 3. The molecule has 1 fully saturated rings. The van der Waals surface area contributed by atoms with Crippen LogP contribution in [0.5, 0.6) is 5.75 Å². The van der Waals surface area contributed by atoms with Gasteiger partial charge in [0.15, 0.2) is 0 Å². The van der Waals surface area contributed by atoms with Crippen LogP contribution < -0.4 is 4.74 Å².